The molecule has 0 aliphatic heterocycles. The van der Waals surface area contributed by atoms with Gasteiger partial charge in [0.15, 0.2) is 0 Å². The van der Waals surface area contributed by atoms with Crippen molar-refractivity contribution in [2.45, 2.75) is 0 Å². The summed E-state index contributed by atoms with van der Waals surface area (Å²) in [5.74, 6) is 0. The molecule has 0 fully saturated rings. The lowest BCUT2D eigenvalue weighted by Gasteiger charge is -1.94. The molecular formula is HF2NO6S3. The molecule has 12 heavy (non-hydrogen) atoms. The summed E-state index contributed by atoms with van der Waals surface area (Å²) in [7, 11) is -17.9. The van der Waals surface area contributed by atoms with E-state index in [2.05, 4.69) is 0 Å². The van der Waals surface area contributed by atoms with Gasteiger partial charge in [-0.1, -0.05) is 11.9 Å². The molecule has 0 saturated carbocycles. The summed E-state index contributed by atoms with van der Waals surface area (Å²) in [6.45, 7) is 0. The predicted molar refractivity (Wildman–Crippen MR) is 32.1 cm³/mol. The third-order valence-corrected chi connectivity index (χ3v) is 4.79. The van der Waals surface area contributed by atoms with Gasteiger partial charge in [-0.3, -0.25) is 0 Å². The van der Waals surface area contributed by atoms with Gasteiger partial charge in [0.25, 0.3) is 0 Å². The van der Waals surface area contributed by atoms with Gasteiger partial charge < -0.3 is 0 Å². The molecule has 0 aromatic heterocycles. The Labute approximate surface area is 66.4 Å². The molecule has 74 valence electrons. The average Bonchev–Trinajstić information content (AvgIpc) is 1.52. The predicted octanol–water partition coefficient (Wildman–Crippen LogP) is -1.67. The Morgan fingerprint density at radius 2 is 1.17 bits per heavy atom. The zero-order valence-corrected chi connectivity index (χ0v) is 7.38. The third-order valence-electron chi connectivity index (χ3n) is 0.464. The molecule has 0 saturated heterocycles. The standard InChI is InChI=1S/F2HNO6S3/c1-10(4,5)3-12(8,9)11(2,6)7/h3H. The number of rotatable bonds is 3. The van der Waals surface area contributed by atoms with E-state index in [9.17, 15) is 33.0 Å². The molecule has 0 aliphatic carbocycles. The van der Waals surface area contributed by atoms with E-state index < -0.39 is 28.7 Å². The Kier molecular flexibility index (Phi) is 2.78. The highest BCUT2D eigenvalue weighted by molar-refractivity contribution is 8.65. The molecule has 0 heterocycles. The van der Waals surface area contributed by atoms with Gasteiger partial charge in [0.05, 0.1) is 0 Å². The molecule has 0 amide bonds. The Morgan fingerprint density at radius 3 is 1.25 bits per heavy atom. The summed E-state index contributed by atoms with van der Waals surface area (Å²) in [6, 6.07) is 0. The van der Waals surface area contributed by atoms with Gasteiger partial charge in [0.2, 0.25) is 0 Å². The molecule has 1 N–H and O–H groups in total. The van der Waals surface area contributed by atoms with Crippen molar-refractivity contribution in [3.8, 4) is 0 Å². The molecule has 0 atom stereocenters. The lowest BCUT2D eigenvalue weighted by molar-refractivity contribution is 0.536. The van der Waals surface area contributed by atoms with Crippen LogP contribution >= 0.6 is 0 Å². The van der Waals surface area contributed by atoms with Crippen molar-refractivity contribution < 1.29 is 33.0 Å². The van der Waals surface area contributed by atoms with Crippen molar-refractivity contribution in [2.75, 3.05) is 0 Å². The van der Waals surface area contributed by atoms with E-state index >= 15 is 0 Å². The molecule has 0 bridgehead atoms. The van der Waals surface area contributed by atoms with Crippen LogP contribution in [-0.2, 0) is 28.7 Å². The van der Waals surface area contributed by atoms with Crippen LogP contribution in [0.3, 0.4) is 0 Å². The van der Waals surface area contributed by atoms with Gasteiger partial charge in [-0.25, -0.2) is 0 Å². The molecule has 0 aromatic carbocycles. The van der Waals surface area contributed by atoms with Gasteiger partial charge in [0.1, 0.15) is 0 Å². The van der Waals surface area contributed by atoms with E-state index in [-0.39, 0.29) is 4.13 Å². The van der Waals surface area contributed by atoms with E-state index in [0.717, 1.165) is 0 Å². The zero-order chi connectivity index (χ0) is 10.2. The summed E-state index contributed by atoms with van der Waals surface area (Å²) < 4.78 is 81.1. The normalized spacial score (nSPS) is 14.5. The Morgan fingerprint density at radius 1 is 0.833 bits per heavy atom. The summed E-state index contributed by atoms with van der Waals surface area (Å²) >= 11 is 0. The molecule has 0 aromatic rings. The van der Waals surface area contributed by atoms with Crippen molar-refractivity contribution in [3.05, 3.63) is 0 Å². The molecule has 0 aliphatic rings. The second-order valence-corrected chi connectivity index (χ2v) is 7.12. The largest absolute Gasteiger partial charge is 0.425 e. The highest BCUT2D eigenvalue weighted by Gasteiger charge is 2.34. The van der Waals surface area contributed by atoms with Crippen LogP contribution in [0, 0.1) is 0 Å². The van der Waals surface area contributed by atoms with Gasteiger partial charge >= 0.3 is 28.7 Å². The lowest BCUT2D eigenvalue weighted by Crippen LogP contribution is -2.31. The van der Waals surface area contributed by atoms with Crippen molar-refractivity contribution >= 4 is 28.7 Å². The van der Waals surface area contributed by atoms with Gasteiger partial charge in [-0.05, 0) is 0 Å². The fourth-order valence-electron chi connectivity index (χ4n) is 0.163. The first kappa shape index (κ1) is 11.7. The van der Waals surface area contributed by atoms with Crippen molar-refractivity contribution in [1.82, 2.24) is 4.13 Å². The maximum Gasteiger partial charge on any atom is 0.425 e. The summed E-state index contributed by atoms with van der Waals surface area (Å²) in [4.78, 5) is 0. The molecule has 0 rings (SSSR count). The Balaban J connectivity index is 5.25. The maximum absolute atomic E-state index is 11.6. The summed E-state index contributed by atoms with van der Waals surface area (Å²) in [6.07, 6.45) is 0. The van der Waals surface area contributed by atoms with Crippen molar-refractivity contribution in [2.24, 2.45) is 0 Å². The third kappa shape index (κ3) is 3.38. The molecule has 0 unspecified atom stereocenters. The Hall–Kier alpha value is -0.330. The first-order valence-electron chi connectivity index (χ1n) is 1.88. The van der Waals surface area contributed by atoms with Crippen LogP contribution in [0.15, 0.2) is 0 Å². The van der Waals surface area contributed by atoms with Crippen LogP contribution in [0.5, 0.6) is 0 Å². The fourth-order valence-corrected chi connectivity index (χ4v) is 2.93. The van der Waals surface area contributed by atoms with Crippen molar-refractivity contribution in [3.63, 3.8) is 0 Å². The average molecular weight is 245 g/mol. The number of nitrogens with one attached hydrogen (secondary N) is 1. The highest BCUT2D eigenvalue weighted by atomic mass is 33.2. The number of hydrogen-bond acceptors (Lipinski definition) is 6. The topological polar surface area (TPSA) is 114 Å². The second kappa shape index (κ2) is 2.86. The van der Waals surface area contributed by atoms with Gasteiger partial charge in [-0.2, -0.15) is 25.3 Å². The minimum absolute atomic E-state index is 0.0498. The van der Waals surface area contributed by atoms with Crippen LogP contribution in [0.2, 0.25) is 0 Å². The smallest absolute Gasteiger partial charge is 0.192 e. The van der Waals surface area contributed by atoms with Gasteiger partial charge in [-0.15, -0.1) is 0 Å². The monoisotopic (exact) mass is 245 g/mol. The summed E-state index contributed by atoms with van der Waals surface area (Å²) in [5.41, 5.74) is 0. The quantitative estimate of drug-likeness (QED) is 0.470. The molecule has 0 radical (unpaired) electrons. The maximum atomic E-state index is 11.6. The minimum atomic E-state index is -6.19. The first-order valence-corrected chi connectivity index (χ1v) is 6.65. The van der Waals surface area contributed by atoms with Crippen LogP contribution in [0.25, 0.3) is 0 Å². The van der Waals surface area contributed by atoms with E-state index in [1.54, 1.807) is 0 Å². The fraction of sp³-hybridized carbons (Fsp3) is 0. The van der Waals surface area contributed by atoms with E-state index in [0.29, 0.717) is 0 Å². The highest BCUT2D eigenvalue weighted by Crippen LogP contribution is 2.03. The van der Waals surface area contributed by atoms with E-state index in [4.69, 9.17) is 0 Å². The van der Waals surface area contributed by atoms with Crippen LogP contribution in [0.1, 0.15) is 0 Å². The molecule has 0 spiro atoms. The van der Waals surface area contributed by atoms with Gasteiger partial charge in [0, 0.05) is 0 Å². The minimum Gasteiger partial charge on any atom is -0.192 e. The second-order valence-electron chi connectivity index (χ2n) is 1.37. The van der Waals surface area contributed by atoms with E-state index in [1.165, 1.54) is 0 Å². The SMILES string of the molecule is O=S(=O)(F)NS(=O)(=O)S(=O)(=O)F. The van der Waals surface area contributed by atoms with Crippen molar-refractivity contribution in [1.29, 1.82) is 0 Å². The lowest BCUT2D eigenvalue weighted by atomic mass is 13.9. The molecule has 7 nitrogen and oxygen atoms in total. The van der Waals surface area contributed by atoms with Crippen LogP contribution in [-0.4, -0.2) is 25.3 Å². The summed E-state index contributed by atoms with van der Waals surface area (Å²) in [5, 5.41) is 0. The Bertz CT molecular complexity index is 451. The van der Waals surface area contributed by atoms with Crippen LogP contribution in [0.4, 0.5) is 7.77 Å². The number of hydrogen-bond donors (Lipinski definition) is 1. The first-order chi connectivity index (χ1) is 4.96. The zero-order valence-electron chi connectivity index (χ0n) is 4.93. The van der Waals surface area contributed by atoms with E-state index in [1.807, 2.05) is 0 Å². The number of halogens is 2. The molecule has 12 heteroatoms. The molecular weight excluding hydrogens is 244 g/mol. The van der Waals surface area contributed by atoms with Crippen LogP contribution < -0.4 is 4.13 Å².